The van der Waals surface area contributed by atoms with E-state index in [0.29, 0.717) is 34.5 Å². The largest absolute Gasteiger partial charge is 0.481 e. The zero-order valence-electron chi connectivity index (χ0n) is 22.0. The molecule has 208 valence electrons. The Morgan fingerprint density at radius 3 is 2.46 bits per heavy atom. The quantitative estimate of drug-likeness (QED) is 0.309. The molecule has 2 amide bonds. The number of hydrogen-bond acceptors (Lipinski definition) is 4. The summed E-state index contributed by atoms with van der Waals surface area (Å²) in [5, 5.41) is 6.01. The number of anilines is 2. The molecule has 0 saturated carbocycles. The maximum Gasteiger partial charge on any atom is 0.418 e. The minimum atomic E-state index is -4.64. The van der Waals surface area contributed by atoms with E-state index in [1.165, 1.54) is 29.5 Å². The molecular formula is C29H30ClF3N2O3S. The first-order valence-electron chi connectivity index (χ1n) is 12.6. The molecule has 2 unspecified atom stereocenters. The number of ether oxygens (including phenoxy) is 1. The van der Waals surface area contributed by atoms with Gasteiger partial charge < -0.3 is 15.4 Å². The van der Waals surface area contributed by atoms with Gasteiger partial charge in [0.25, 0.3) is 11.8 Å². The van der Waals surface area contributed by atoms with Gasteiger partial charge in [0.05, 0.1) is 16.8 Å². The maximum atomic E-state index is 13.6. The van der Waals surface area contributed by atoms with Crippen LogP contribution in [0.3, 0.4) is 0 Å². The van der Waals surface area contributed by atoms with Crippen LogP contribution in [0.5, 0.6) is 5.75 Å². The average Bonchev–Trinajstić information content (AvgIpc) is 3.20. The molecule has 0 saturated heterocycles. The topological polar surface area (TPSA) is 67.4 Å². The van der Waals surface area contributed by atoms with Crippen LogP contribution in [0.4, 0.5) is 23.9 Å². The van der Waals surface area contributed by atoms with Gasteiger partial charge in [-0.2, -0.15) is 13.2 Å². The van der Waals surface area contributed by atoms with Crippen molar-refractivity contribution in [1.29, 1.82) is 0 Å². The van der Waals surface area contributed by atoms with E-state index in [0.717, 1.165) is 22.9 Å². The summed E-state index contributed by atoms with van der Waals surface area (Å²) in [6.07, 6.45) is -3.43. The number of para-hydroxylation sites is 1. The van der Waals surface area contributed by atoms with Crippen LogP contribution >= 0.6 is 22.9 Å². The summed E-state index contributed by atoms with van der Waals surface area (Å²) in [6.45, 7) is 8.05. The Bertz CT molecular complexity index is 1380. The minimum Gasteiger partial charge on any atom is -0.481 e. The molecular weight excluding hydrogens is 549 g/mol. The van der Waals surface area contributed by atoms with Crippen LogP contribution < -0.4 is 15.4 Å². The highest BCUT2D eigenvalue weighted by Crippen LogP contribution is 2.45. The number of halogens is 4. The van der Waals surface area contributed by atoms with Crippen molar-refractivity contribution in [2.45, 2.75) is 59.2 Å². The second-order valence-electron chi connectivity index (χ2n) is 10.7. The summed E-state index contributed by atoms with van der Waals surface area (Å²) in [5.74, 6) is -0.424. The summed E-state index contributed by atoms with van der Waals surface area (Å²) >= 11 is 7.30. The van der Waals surface area contributed by atoms with Crippen molar-refractivity contribution >= 4 is 45.4 Å². The van der Waals surface area contributed by atoms with Crippen molar-refractivity contribution in [3.05, 3.63) is 75.1 Å². The molecule has 5 nitrogen and oxygen atoms in total. The molecule has 1 heterocycles. The van der Waals surface area contributed by atoms with E-state index in [4.69, 9.17) is 16.3 Å². The third kappa shape index (κ3) is 6.76. The van der Waals surface area contributed by atoms with E-state index in [9.17, 15) is 22.8 Å². The standard InChI is InChI=1S/C29H30ClF3N2O3S/c1-16(38-19-9-7-8-18(30)15-19)25(36)35-27-24(20-13-12-17(28(2,3)4)14-23(20)39-27)26(37)34-22-11-6-5-10-21(22)29(31,32)33/h5-11,15-17H,12-14H2,1-4H3,(H,34,37)(H,35,36). The SMILES string of the molecule is CC(Oc1cccc(Cl)c1)C(=O)Nc1sc2c(c1C(=O)Nc1ccccc1C(F)(F)F)CCC(C(C)(C)C)C2. The second kappa shape index (κ2) is 11.2. The van der Waals surface area contributed by atoms with Gasteiger partial charge in [-0.05, 0) is 73.4 Å². The van der Waals surface area contributed by atoms with E-state index in [1.807, 2.05) is 0 Å². The number of carbonyl (C=O) groups excluding carboxylic acids is 2. The van der Waals surface area contributed by atoms with Crippen molar-refractivity contribution in [3.63, 3.8) is 0 Å². The summed E-state index contributed by atoms with van der Waals surface area (Å²) in [6, 6.07) is 11.5. The monoisotopic (exact) mass is 578 g/mol. The van der Waals surface area contributed by atoms with Crippen molar-refractivity contribution in [3.8, 4) is 5.75 Å². The van der Waals surface area contributed by atoms with Gasteiger partial charge in [0.1, 0.15) is 10.8 Å². The van der Waals surface area contributed by atoms with Gasteiger partial charge in [0.2, 0.25) is 0 Å². The fraction of sp³-hybridized carbons (Fsp3) is 0.379. The number of amides is 2. The lowest BCUT2D eigenvalue weighted by atomic mass is 9.72. The van der Waals surface area contributed by atoms with Gasteiger partial charge in [-0.25, -0.2) is 0 Å². The van der Waals surface area contributed by atoms with E-state index in [2.05, 4.69) is 31.4 Å². The van der Waals surface area contributed by atoms with Crippen LogP contribution in [0.15, 0.2) is 48.5 Å². The van der Waals surface area contributed by atoms with Gasteiger partial charge in [0.15, 0.2) is 6.10 Å². The molecule has 3 aromatic rings. The zero-order chi connectivity index (χ0) is 28.5. The first-order valence-corrected chi connectivity index (χ1v) is 13.8. The Hall–Kier alpha value is -3.04. The first kappa shape index (κ1) is 29.0. The molecule has 2 atom stereocenters. The van der Waals surface area contributed by atoms with Crippen LogP contribution in [-0.2, 0) is 23.8 Å². The number of rotatable bonds is 6. The lowest BCUT2D eigenvalue weighted by Crippen LogP contribution is -2.31. The summed E-state index contributed by atoms with van der Waals surface area (Å²) in [7, 11) is 0. The third-order valence-electron chi connectivity index (χ3n) is 6.91. The number of alkyl halides is 3. The minimum absolute atomic E-state index is 0.0402. The predicted octanol–water partition coefficient (Wildman–Crippen LogP) is 8.23. The molecule has 1 aromatic heterocycles. The Morgan fingerprint density at radius 1 is 1.08 bits per heavy atom. The van der Waals surface area contributed by atoms with Crippen LogP contribution in [0.1, 0.15) is 60.5 Å². The number of benzene rings is 2. The number of nitrogens with one attached hydrogen (secondary N) is 2. The highest BCUT2D eigenvalue weighted by molar-refractivity contribution is 7.17. The van der Waals surface area contributed by atoms with Crippen LogP contribution in [0.25, 0.3) is 0 Å². The lowest BCUT2D eigenvalue weighted by Gasteiger charge is -2.33. The third-order valence-corrected chi connectivity index (χ3v) is 8.32. The van der Waals surface area contributed by atoms with E-state index < -0.39 is 29.7 Å². The van der Waals surface area contributed by atoms with Gasteiger partial charge in [-0.1, -0.05) is 50.6 Å². The van der Waals surface area contributed by atoms with Crippen molar-refractivity contribution in [2.24, 2.45) is 11.3 Å². The zero-order valence-corrected chi connectivity index (χ0v) is 23.6. The van der Waals surface area contributed by atoms with Crippen LogP contribution in [-0.4, -0.2) is 17.9 Å². The fourth-order valence-corrected chi connectivity index (χ4v) is 6.20. The molecule has 39 heavy (non-hydrogen) atoms. The van der Waals surface area contributed by atoms with E-state index in [-0.39, 0.29) is 16.7 Å². The molecule has 10 heteroatoms. The Balaban J connectivity index is 1.65. The normalized spacial score (nSPS) is 16.3. The smallest absolute Gasteiger partial charge is 0.418 e. The molecule has 0 spiro atoms. The van der Waals surface area contributed by atoms with Gasteiger partial charge in [-0.3, -0.25) is 9.59 Å². The molecule has 0 bridgehead atoms. The van der Waals surface area contributed by atoms with Crippen molar-refractivity contribution < 1.29 is 27.5 Å². The second-order valence-corrected chi connectivity index (χ2v) is 12.3. The Kier molecular flexibility index (Phi) is 8.33. The first-order chi connectivity index (χ1) is 18.2. The van der Waals surface area contributed by atoms with Gasteiger partial charge in [0, 0.05) is 9.90 Å². The molecule has 1 aliphatic carbocycles. The fourth-order valence-electron chi connectivity index (χ4n) is 4.69. The van der Waals surface area contributed by atoms with E-state index >= 15 is 0 Å². The average molecular weight is 579 g/mol. The highest BCUT2D eigenvalue weighted by atomic mass is 35.5. The molecule has 2 N–H and O–H groups in total. The summed E-state index contributed by atoms with van der Waals surface area (Å²) < 4.78 is 46.5. The molecule has 0 radical (unpaired) electrons. The van der Waals surface area contributed by atoms with Crippen LogP contribution in [0, 0.1) is 11.3 Å². The van der Waals surface area contributed by atoms with Gasteiger partial charge in [-0.15, -0.1) is 11.3 Å². The Morgan fingerprint density at radius 2 is 1.79 bits per heavy atom. The maximum absolute atomic E-state index is 13.6. The lowest BCUT2D eigenvalue weighted by molar-refractivity contribution is -0.136. The van der Waals surface area contributed by atoms with Gasteiger partial charge >= 0.3 is 6.18 Å². The van der Waals surface area contributed by atoms with Crippen LogP contribution in [0.2, 0.25) is 5.02 Å². The number of hydrogen-bond donors (Lipinski definition) is 2. The number of carbonyl (C=O) groups is 2. The molecule has 0 fully saturated rings. The molecule has 2 aromatic carbocycles. The Labute approximate surface area is 234 Å². The summed E-state index contributed by atoms with van der Waals surface area (Å²) in [5.41, 5.74) is -0.278. The highest BCUT2D eigenvalue weighted by Gasteiger charge is 2.36. The van der Waals surface area contributed by atoms with Crippen molar-refractivity contribution in [1.82, 2.24) is 0 Å². The number of thiophene rings is 1. The predicted molar refractivity (Wildman–Crippen MR) is 149 cm³/mol. The summed E-state index contributed by atoms with van der Waals surface area (Å²) in [4.78, 5) is 27.6. The molecule has 4 rings (SSSR count). The molecule has 1 aliphatic rings. The van der Waals surface area contributed by atoms with E-state index in [1.54, 1.807) is 31.2 Å². The molecule has 0 aliphatic heterocycles. The van der Waals surface area contributed by atoms with Crippen molar-refractivity contribution in [2.75, 3.05) is 10.6 Å². The number of fused-ring (bicyclic) bond motifs is 1.